The van der Waals surface area contributed by atoms with Gasteiger partial charge in [0.15, 0.2) is 10.9 Å². The van der Waals surface area contributed by atoms with Crippen molar-refractivity contribution in [3.8, 4) is 10.8 Å². The van der Waals surface area contributed by atoms with Crippen LogP contribution in [0.2, 0.25) is 0 Å². The zero-order chi connectivity index (χ0) is 18.3. The first kappa shape index (κ1) is 17.4. The van der Waals surface area contributed by atoms with Gasteiger partial charge in [-0.3, -0.25) is 0 Å². The Kier molecular flexibility index (Phi) is 4.41. The van der Waals surface area contributed by atoms with Crippen molar-refractivity contribution in [1.29, 1.82) is 0 Å². The molecule has 0 amide bonds. The molecule has 0 aromatic carbocycles. The molecule has 26 heavy (non-hydrogen) atoms. The molecule has 0 aliphatic carbocycles. The summed E-state index contributed by atoms with van der Waals surface area (Å²) in [5.74, 6) is 1.66. The molecule has 138 valence electrons. The fourth-order valence-corrected chi connectivity index (χ4v) is 5.25. The lowest BCUT2D eigenvalue weighted by atomic mass is 10.1. The topological polar surface area (TPSA) is 94.1 Å². The number of thiophene rings is 1. The Hall–Kier alpha value is -2.04. The minimum Gasteiger partial charge on any atom is -0.334 e. The lowest BCUT2D eigenvalue weighted by molar-refractivity contribution is 0.415. The highest BCUT2D eigenvalue weighted by Crippen LogP contribution is 2.31. The third kappa shape index (κ3) is 2.97. The molecule has 4 heterocycles. The summed E-state index contributed by atoms with van der Waals surface area (Å²) in [5.41, 5.74) is 0. The predicted molar refractivity (Wildman–Crippen MR) is 96.4 cm³/mol. The zero-order valence-corrected chi connectivity index (χ0v) is 16.1. The number of imidazole rings is 1. The highest BCUT2D eigenvalue weighted by molar-refractivity contribution is 7.89. The Labute approximate surface area is 155 Å². The van der Waals surface area contributed by atoms with Crippen molar-refractivity contribution >= 4 is 21.4 Å². The Morgan fingerprint density at radius 2 is 2.23 bits per heavy atom. The number of aryl methyl sites for hydroxylation is 2. The summed E-state index contributed by atoms with van der Waals surface area (Å²) in [7, 11) is -3.61. The molecule has 3 aromatic rings. The summed E-state index contributed by atoms with van der Waals surface area (Å²) in [6.45, 7) is 5.21. The minimum atomic E-state index is -3.61. The Balaban J connectivity index is 1.53. The van der Waals surface area contributed by atoms with Crippen LogP contribution in [0.3, 0.4) is 0 Å². The van der Waals surface area contributed by atoms with Crippen LogP contribution in [0, 0.1) is 6.92 Å². The van der Waals surface area contributed by atoms with Crippen LogP contribution in [-0.2, 0) is 16.6 Å². The molecule has 0 saturated carbocycles. The smallest absolute Gasteiger partial charge is 0.267 e. The van der Waals surface area contributed by atoms with Crippen molar-refractivity contribution in [2.24, 2.45) is 0 Å². The van der Waals surface area contributed by atoms with Crippen molar-refractivity contribution in [3.05, 3.63) is 35.4 Å². The van der Waals surface area contributed by atoms with Gasteiger partial charge in [0.25, 0.3) is 15.9 Å². The van der Waals surface area contributed by atoms with Gasteiger partial charge in [0.05, 0.1) is 4.88 Å². The van der Waals surface area contributed by atoms with Gasteiger partial charge >= 0.3 is 0 Å². The second-order valence-electron chi connectivity index (χ2n) is 6.20. The lowest BCUT2D eigenvalue weighted by Gasteiger charge is -2.13. The van der Waals surface area contributed by atoms with E-state index >= 15 is 0 Å². The normalized spacial score (nSPS) is 18.6. The number of aromatic nitrogens is 4. The summed E-state index contributed by atoms with van der Waals surface area (Å²) in [6, 6.07) is 3.84. The number of sulfonamides is 1. The van der Waals surface area contributed by atoms with Gasteiger partial charge in [-0.05, 0) is 31.7 Å². The third-order valence-electron chi connectivity index (χ3n) is 4.59. The van der Waals surface area contributed by atoms with Crippen molar-refractivity contribution in [2.75, 3.05) is 13.1 Å². The largest absolute Gasteiger partial charge is 0.334 e. The predicted octanol–water partition coefficient (Wildman–Crippen LogP) is 2.50. The van der Waals surface area contributed by atoms with E-state index in [0.717, 1.165) is 4.88 Å². The van der Waals surface area contributed by atoms with Gasteiger partial charge in [-0.15, -0.1) is 11.3 Å². The Bertz CT molecular complexity index is 1010. The molecule has 4 rings (SSSR count). The van der Waals surface area contributed by atoms with Gasteiger partial charge in [-0.25, -0.2) is 13.4 Å². The van der Waals surface area contributed by atoms with E-state index in [1.54, 1.807) is 13.1 Å². The van der Waals surface area contributed by atoms with Gasteiger partial charge in [-0.1, -0.05) is 11.2 Å². The minimum absolute atomic E-state index is 0.0726. The first-order valence-electron chi connectivity index (χ1n) is 8.40. The zero-order valence-electron chi connectivity index (χ0n) is 14.5. The van der Waals surface area contributed by atoms with Gasteiger partial charge in [0.1, 0.15) is 5.82 Å². The summed E-state index contributed by atoms with van der Waals surface area (Å²) < 4.78 is 34.4. The first-order valence-corrected chi connectivity index (χ1v) is 10.7. The summed E-state index contributed by atoms with van der Waals surface area (Å²) >= 11 is 1.53. The van der Waals surface area contributed by atoms with E-state index in [9.17, 15) is 8.42 Å². The lowest BCUT2D eigenvalue weighted by Crippen LogP contribution is -2.29. The van der Waals surface area contributed by atoms with E-state index in [2.05, 4.69) is 15.1 Å². The van der Waals surface area contributed by atoms with Gasteiger partial charge in [0.2, 0.25) is 0 Å². The molecule has 1 aliphatic rings. The fourth-order valence-electron chi connectivity index (χ4n) is 3.11. The van der Waals surface area contributed by atoms with Crippen molar-refractivity contribution < 1.29 is 12.9 Å². The molecule has 0 unspecified atom stereocenters. The van der Waals surface area contributed by atoms with E-state index in [1.165, 1.54) is 15.6 Å². The Morgan fingerprint density at radius 1 is 1.38 bits per heavy atom. The van der Waals surface area contributed by atoms with E-state index in [0.29, 0.717) is 43.6 Å². The number of rotatable bonds is 5. The second-order valence-corrected chi connectivity index (χ2v) is 9.03. The van der Waals surface area contributed by atoms with E-state index < -0.39 is 10.0 Å². The Morgan fingerprint density at radius 3 is 2.92 bits per heavy atom. The molecule has 0 bridgehead atoms. The van der Waals surface area contributed by atoms with Crippen LogP contribution < -0.4 is 0 Å². The highest BCUT2D eigenvalue weighted by atomic mass is 32.2. The monoisotopic (exact) mass is 393 g/mol. The molecule has 3 aromatic heterocycles. The first-order chi connectivity index (χ1) is 12.5. The maximum Gasteiger partial charge on any atom is 0.267 e. The van der Waals surface area contributed by atoms with Crippen LogP contribution in [-0.4, -0.2) is 45.5 Å². The molecule has 8 nitrogen and oxygen atoms in total. The third-order valence-corrected chi connectivity index (χ3v) is 7.18. The van der Waals surface area contributed by atoms with Gasteiger partial charge < -0.3 is 9.09 Å². The van der Waals surface area contributed by atoms with Gasteiger partial charge in [0, 0.05) is 31.7 Å². The molecular formula is C16H19N5O3S2. The molecule has 1 atom stereocenters. The standard InChI is InChI=1S/C16H19N5O3S2/c1-3-20-10-14(17-11(20)2)26(22,23)21-7-6-12(9-21)15-18-16(24-19-15)13-5-4-8-25-13/h4-5,8,10,12H,3,6-7,9H2,1-2H3/t12-/m1/s1. The van der Waals surface area contributed by atoms with Crippen molar-refractivity contribution in [2.45, 2.75) is 37.8 Å². The average Bonchev–Trinajstić information content (AvgIpc) is 3.37. The average molecular weight is 393 g/mol. The molecule has 0 N–H and O–H groups in total. The van der Waals surface area contributed by atoms with Crippen LogP contribution in [0.1, 0.15) is 30.9 Å². The molecule has 10 heteroatoms. The molecule has 0 radical (unpaired) electrons. The second kappa shape index (κ2) is 6.60. The van der Waals surface area contributed by atoms with E-state index in [4.69, 9.17) is 4.52 Å². The number of nitrogens with zero attached hydrogens (tertiary/aromatic N) is 5. The molecule has 1 fully saturated rings. The molecule has 1 saturated heterocycles. The maximum absolute atomic E-state index is 12.9. The SMILES string of the molecule is CCn1cc(S(=O)(=O)N2CC[C@@H](c3noc(-c4cccs4)n3)C2)nc1C. The van der Waals surface area contributed by atoms with Crippen LogP contribution in [0.4, 0.5) is 0 Å². The molecular weight excluding hydrogens is 374 g/mol. The highest BCUT2D eigenvalue weighted by Gasteiger charge is 2.36. The molecule has 0 spiro atoms. The quantitative estimate of drug-likeness (QED) is 0.661. The van der Waals surface area contributed by atoms with Crippen LogP contribution in [0.25, 0.3) is 10.8 Å². The van der Waals surface area contributed by atoms with E-state index in [-0.39, 0.29) is 10.9 Å². The summed E-state index contributed by atoms with van der Waals surface area (Å²) in [6.07, 6.45) is 2.26. The number of hydrogen-bond donors (Lipinski definition) is 0. The summed E-state index contributed by atoms with van der Waals surface area (Å²) in [5, 5.41) is 6.10. The van der Waals surface area contributed by atoms with Crippen LogP contribution >= 0.6 is 11.3 Å². The van der Waals surface area contributed by atoms with Crippen molar-refractivity contribution in [3.63, 3.8) is 0 Å². The van der Waals surface area contributed by atoms with Crippen LogP contribution in [0.5, 0.6) is 0 Å². The van der Waals surface area contributed by atoms with Gasteiger partial charge in [-0.2, -0.15) is 9.29 Å². The van der Waals surface area contributed by atoms with E-state index in [1.807, 2.05) is 29.0 Å². The van der Waals surface area contributed by atoms with Crippen LogP contribution in [0.15, 0.2) is 33.3 Å². The van der Waals surface area contributed by atoms with Crippen molar-refractivity contribution in [1.82, 2.24) is 24.0 Å². The fraction of sp³-hybridized carbons (Fsp3) is 0.438. The summed E-state index contributed by atoms with van der Waals surface area (Å²) in [4.78, 5) is 9.57. The number of hydrogen-bond acceptors (Lipinski definition) is 7. The molecule has 1 aliphatic heterocycles. The maximum atomic E-state index is 12.9.